The van der Waals surface area contributed by atoms with E-state index >= 15 is 0 Å². The molecule has 18 heavy (non-hydrogen) atoms. The maximum absolute atomic E-state index is 11.9. The molecule has 0 spiro atoms. The van der Waals surface area contributed by atoms with E-state index in [1.165, 1.54) is 0 Å². The number of carboxylic acid groups (broad SMARTS) is 1. The minimum absolute atomic E-state index is 0.0125. The minimum Gasteiger partial charge on any atom is -0.480 e. The first-order chi connectivity index (χ1) is 8.41. The van der Waals surface area contributed by atoms with Crippen LogP contribution in [0.5, 0.6) is 0 Å². The van der Waals surface area contributed by atoms with Crippen LogP contribution in [0.1, 0.15) is 32.6 Å². The number of carbonyl (C=O) groups excluding carboxylic acids is 2. The van der Waals surface area contributed by atoms with E-state index in [9.17, 15) is 14.4 Å². The molecular weight excluding hydrogens is 238 g/mol. The molecule has 7 heteroatoms. The molecule has 1 heterocycles. The predicted molar refractivity (Wildman–Crippen MR) is 63.8 cm³/mol. The maximum atomic E-state index is 11.9. The van der Waals surface area contributed by atoms with E-state index in [0.717, 1.165) is 12.8 Å². The lowest BCUT2D eigenvalue weighted by molar-refractivity contribution is -0.139. The quantitative estimate of drug-likeness (QED) is 0.638. The predicted octanol–water partition coefficient (Wildman–Crippen LogP) is -0.101. The number of nitrogens with two attached hydrogens (primary N) is 1. The lowest BCUT2D eigenvalue weighted by Crippen LogP contribution is -2.49. The molecule has 7 nitrogen and oxygen atoms in total. The van der Waals surface area contributed by atoms with Gasteiger partial charge in [-0.05, 0) is 26.2 Å². The fourth-order valence-corrected chi connectivity index (χ4v) is 2.01. The summed E-state index contributed by atoms with van der Waals surface area (Å²) < 4.78 is 0. The third-order valence-corrected chi connectivity index (χ3v) is 3.09. The second-order valence-electron chi connectivity index (χ2n) is 4.53. The summed E-state index contributed by atoms with van der Waals surface area (Å²) in [4.78, 5) is 35.0. The number of hydrogen-bond donors (Lipinski definition) is 3. The van der Waals surface area contributed by atoms with Crippen molar-refractivity contribution in [1.82, 2.24) is 10.2 Å². The Morgan fingerprint density at radius 3 is 2.61 bits per heavy atom. The molecule has 1 unspecified atom stereocenters. The summed E-state index contributed by atoms with van der Waals surface area (Å²) in [6.45, 7) is 2.56. The maximum Gasteiger partial charge on any atom is 0.326 e. The highest BCUT2D eigenvalue weighted by Crippen LogP contribution is 2.16. The number of aliphatic carboxylic acids is 1. The van der Waals surface area contributed by atoms with Gasteiger partial charge >= 0.3 is 12.0 Å². The van der Waals surface area contributed by atoms with Crippen LogP contribution in [0.2, 0.25) is 0 Å². The van der Waals surface area contributed by atoms with Crippen molar-refractivity contribution in [3.8, 4) is 0 Å². The van der Waals surface area contributed by atoms with Crippen LogP contribution in [0.3, 0.4) is 0 Å². The second-order valence-corrected chi connectivity index (χ2v) is 4.53. The lowest BCUT2D eigenvalue weighted by atomic mass is 10.1. The first kappa shape index (κ1) is 14.3. The number of carboxylic acids is 1. The molecule has 0 saturated carbocycles. The summed E-state index contributed by atoms with van der Waals surface area (Å²) in [5.41, 5.74) is 4.96. The second kappa shape index (κ2) is 6.23. The van der Waals surface area contributed by atoms with Crippen molar-refractivity contribution in [2.75, 3.05) is 6.54 Å². The van der Waals surface area contributed by atoms with E-state index in [2.05, 4.69) is 5.32 Å². The topological polar surface area (TPSA) is 113 Å². The van der Waals surface area contributed by atoms with Gasteiger partial charge in [-0.1, -0.05) is 0 Å². The molecule has 1 fully saturated rings. The normalized spacial score (nSPS) is 20.5. The zero-order chi connectivity index (χ0) is 13.7. The molecule has 1 aliphatic heterocycles. The van der Waals surface area contributed by atoms with Crippen molar-refractivity contribution in [1.29, 1.82) is 0 Å². The molecule has 1 rings (SSSR count). The van der Waals surface area contributed by atoms with E-state index < -0.39 is 23.9 Å². The number of urea groups is 1. The number of amides is 3. The Bertz CT molecular complexity index is 345. The van der Waals surface area contributed by atoms with Crippen LogP contribution in [0.15, 0.2) is 0 Å². The number of primary amides is 1. The third-order valence-electron chi connectivity index (χ3n) is 3.09. The van der Waals surface area contributed by atoms with E-state index in [0.29, 0.717) is 6.54 Å². The van der Waals surface area contributed by atoms with Gasteiger partial charge in [0, 0.05) is 19.0 Å². The first-order valence-corrected chi connectivity index (χ1v) is 6.00. The molecule has 0 bridgehead atoms. The molecule has 1 aliphatic rings. The fraction of sp³-hybridized carbons (Fsp3) is 0.727. The molecule has 2 atom stereocenters. The van der Waals surface area contributed by atoms with Gasteiger partial charge in [-0.25, -0.2) is 9.59 Å². The van der Waals surface area contributed by atoms with Gasteiger partial charge in [-0.2, -0.15) is 0 Å². The van der Waals surface area contributed by atoms with Crippen molar-refractivity contribution in [2.45, 2.75) is 44.7 Å². The Balaban J connectivity index is 2.52. The first-order valence-electron chi connectivity index (χ1n) is 6.00. The van der Waals surface area contributed by atoms with Gasteiger partial charge < -0.3 is 21.1 Å². The highest BCUT2D eigenvalue weighted by atomic mass is 16.4. The van der Waals surface area contributed by atoms with Crippen LogP contribution in [-0.4, -0.2) is 46.5 Å². The van der Waals surface area contributed by atoms with E-state index in [4.69, 9.17) is 10.8 Å². The molecule has 4 N–H and O–H groups in total. The van der Waals surface area contributed by atoms with Gasteiger partial charge in [-0.15, -0.1) is 0 Å². The Morgan fingerprint density at radius 1 is 1.50 bits per heavy atom. The highest BCUT2D eigenvalue weighted by molar-refractivity contribution is 5.83. The van der Waals surface area contributed by atoms with Crippen LogP contribution < -0.4 is 11.1 Å². The average molecular weight is 257 g/mol. The summed E-state index contributed by atoms with van der Waals surface area (Å²) in [5.74, 6) is -1.73. The molecule has 0 aromatic rings. The smallest absolute Gasteiger partial charge is 0.326 e. The monoisotopic (exact) mass is 257 g/mol. The molecule has 0 radical (unpaired) electrons. The minimum atomic E-state index is -1.16. The molecule has 0 aromatic carbocycles. The zero-order valence-electron chi connectivity index (χ0n) is 10.4. The Labute approximate surface area is 105 Å². The van der Waals surface area contributed by atoms with Gasteiger partial charge in [0.1, 0.15) is 6.04 Å². The molecule has 0 aliphatic carbocycles. The number of nitrogens with zero attached hydrogens (tertiary/aromatic N) is 1. The van der Waals surface area contributed by atoms with Crippen molar-refractivity contribution in [3.63, 3.8) is 0 Å². The number of hydrogen-bond acceptors (Lipinski definition) is 3. The van der Waals surface area contributed by atoms with Gasteiger partial charge in [-0.3, -0.25) is 4.79 Å². The lowest BCUT2D eigenvalue weighted by Gasteiger charge is -2.24. The van der Waals surface area contributed by atoms with Crippen molar-refractivity contribution < 1.29 is 19.5 Å². The average Bonchev–Trinajstić information content (AvgIpc) is 2.69. The summed E-state index contributed by atoms with van der Waals surface area (Å²) in [5, 5.41) is 11.4. The SMILES string of the molecule is CC1CCCN1C(=O)N[C@@H](CCC(N)=O)C(=O)O. The van der Waals surface area contributed by atoms with E-state index in [1.807, 2.05) is 6.92 Å². The van der Waals surface area contributed by atoms with Crippen molar-refractivity contribution in [3.05, 3.63) is 0 Å². The summed E-state index contributed by atoms with van der Waals surface area (Å²) in [6, 6.07) is -1.34. The zero-order valence-corrected chi connectivity index (χ0v) is 10.4. The Morgan fingerprint density at radius 2 is 2.17 bits per heavy atom. The standard InChI is InChI=1S/C11H19N3O4/c1-7-3-2-6-14(7)11(18)13-8(10(16)17)4-5-9(12)15/h7-8H,2-6H2,1H3,(H2,12,15)(H,13,18)(H,16,17)/t7?,8-/m0/s1. The largest absolute Gasteiger partial charge is 0.480 e. The van der Waals surface area contributed by atoms with Crippen LogP contribution in [-0.2, 0) is 9.59 Å². The van der Waals surface area contributed by atoms with Crippen molar-refractivity contribution >= 4 is 17.9 Å². The molecule has 1 saturated heterocycles. The summed E-state index contributed by atoms with van der Waals surface area (Å²) in [7, 11) is 0. The number of carbonyl (C=O) groups is 3. The molecule has 102 valence electrons. The van der Waals surface area contributed by atoms with E-state index in [1.54, 1.807) is 4.90 Å². The van der Waals surface area contributed by atoms with Gasteiger partial charge in [0.15, 0.2) is 0 Å². The number of likely N-dealkylation sites (tertiary alicyclic amines) is 1. The molecular formula is C11H19N3O4. The van der Waals surface area contributed by atoms with Crippen LogP contribution in [0, 0.1) is 0 Å². The molecule has 3 amide bonds. The number of rotatable bonds is 5. The third kappa shape index (κ3) is 3.90. The van der Waals surface area contributed by atoms with Gasteiger partial charge in [0.05, 0.1) is 0 Å². The van der Waals surface area contributed by atoms with Crippen LogP contribution in [0.4, 0.5) is 4.79 Å². The molecule has 0 aromatic heterocycles. The van der Waals surface area contributed by atoms with E-state index in [-0.39, 0.29) is 18.9 Å². The van der Waals surface area contributed by atoms with Gasteiger partial charge in [0.2, 0.25) is 5.91 Å². The Hall–Kier alpha value is -1.79. The van der Waals surface area contributed by atoms with Gasteiger partial charge in [0.25, 0.3) is 0 Å². The summed E-state index contributed by atoms with van der Waals surface area (Å²) >= 11 is 0. The highest BCUT2D eigenvalue weighted by Gasteiger charge is 2.28. The Kier molecular flexibility index (Phi) is 4.94. The summed E-state index contributed by atoms with van der Waals surface area (Å²) in [6.07, 6.45) is 1.80. The van der Waals surface area contributed by atoms with Crippen LogP contribution >= 0.6 is 0 Å². The van der Waals surface area contributed by atoms with Crippen LogP contribution in [0.25, 0.3) is 0 Å². The fourth-order valence-electron chi connectivity index (χ4n) is 2.01. The number of nitrogens with one attached hydrogen (secondary N) is 1. The van der Waals surface area contributed by atoms with Crippen molar-refractivity contribution in [2.24, 2.45) is 5.73 Å².